The van der Waals surface area contributed by atoms with Crippen LogP contribution in [0, 0.1) is 0 Å². The second-order valence-corrected chi connectivity index (χ2v) is 6.93. The summed E-state index contributed by atoms with van der Waals surface area (Å²) in [5.74, 6) is 0.595. The number of methoxy groups -OCH3 is 1. The van der Waals surface area contributed by atoms with Crippen LogP contribution in [-0.2, 0) is 6.42 Å². The van der Waals surface area contributed by atoms with Gasteiger partial charge in [0.2, 0.25) is 5.88 Å². The molecule has 2 aromatic heterocycles. The molecule has 0 aliphatic carbocycles. The third-order valence-electron chi connectivity index (χ3n) is 4.52. The molecule has 4 rings (SSSR count). The number of Topliss-reactive ketones (excluding diaryl/α,β-unsaturated/α-hetero) is 1. The van der Waals surface area contributed by atoms with Crippen LogP contribution >= 0.6 is 11.6 Å². The molecule has 0 saturated heterocycles. The van der Waals surface area contributed by atoms with Gasteiger partial charge in [-0.05, 0) is 35.9 Å². The summed E-state index contributed by atoms with van der Waals surface area (Å²) in [4.78, 5) is 21.1. The van der Waals surface area contributed by atoms with E-state index in [-0.39, 0.29) is 29.4 Å². The third kappa shape index (κ3) is 4.04. The van der Waals surface area contributed by atoms with Crippen LogP contribution in [0.4, 0.5) is 0 Å². The van der Waals surface area contributed by atoms with E-state index in [4.69, 9.17) is 21.1 Å². The Balaban J connectivity index is 1.55. The number of fused-ring (bicyclic) bond motifs is 1. The van der Waals surface area contributed by atoms with Gasteiger partial charge in [0, 0.05) is 30.1 Å². The molecule has 2 heterocycles. The summed E-state index contributed by atoms with van der Waals surface area (Å²) in [5.41, 5.74) is 1.48. The van der Waals surface area contributed by atoms with Crippen LogP contribution in [-0.4, -0.2) is 28.0 Å². The fourth-order valence-corrected chi connectivity index (χ4v) is 3.21. The Bertz CT molecular complexity index is 1240. The zero-order valence-electron chi connectivity index (χ0n) is 16.0. The highest BCUT2D eigenvalue weighted by Gasteiger charge is 2.17. The lowest BCUT2D eigenvalue weighted by atomic mass is 10.0. The van der Waals surface area contributed by atoms with Crippen LogP contribution in [0.2, 0.25) is 5.02 Å². The average Bonchev–Trinajstić information content (AvgIpc) is 2.75. The maximum Gasteiger partial charge on any atom is 0.219 e. The number of benzene rings is 2. The molecular weight excluding hydrogens is 404 g/mol. The molecule has 4 aromatic rings. The number of para-hydroxylation sites is 1. The second kappa shape index (κ2) is 8.39. The smallest absolute Gasteiger partial charge is 0.219 e. The lowest BCUT2D eigenvalue weighted by molar-refractivity contribution is 0.0984. The normalized spacial score (nSPS) is 10.7. The summed E-state index contributed by atoms with van der Waals surface area (Å²) in [7, 11) is 1.42. The molecule has 0 spiro atoms. The quantitative estimate of drug-likeness (QED) is 0.431. The van der Waals surface area contributed by atoms with Crippen molar-refractivity contribution in [3.8, 4) is 23.1 Å². The van der Waals surface area contributed by atoms with Gasteiger partial charge in [0.05, 0.1) is 17.6 Å². The van der Waals surface area contributed by atoms with Gasteiger partial charge in [-0.25, -0.2) is 9.97 Å². The van der Waals surface area contributed by atoms with Crippen molar-refractivity contribution < 1.29 is 19.4 Å². The van der Waals surface area contributed by atoms with Crippen molar-refractivity contribution in [2.24, 2.45) is 0 Å². The number of hydrogen-bond donors (Lipinski definition) is 1. The lowest BCUT2D eigenvalue weighted by Gasteiger charge is -2.09. The van der Waals surface area contributed by atoms with Gasteiger partial charge in [-0.1, -0.05) is 29.8 Å². The minimum Gasteiger partial charge on any atom is -0.503 e. The van der Waals surface area contributed by atoms with Crippen molar-refractivity contribution in [3.63, 3.8) is 0 Å². The van der Waals surface area contributed by atoms with Crippen LogP contribution in [0.25, 0.3) is 10.9 Å². The molecule has 0 radical (unpaired) electrons. The Kier molecular flexibility index (Phi) is 5.50. The summed E-state index contributed by atoms with van der Waals surface area (Å²) in [6.45, 7) is 0. The highest BCUT2D eigenvalue weighted by molar-refractivity contribution is 6.32. The first kappa shape index (κ1) is 19.7. The zero-order valence-corrected chi connectivity index (χ0v) is 16.8. The largest absolute Gasteiger partial charge is 0.503 e. The lowest BCUT2D eigenvalue weighted by Crippen LogP contribution is -2.07. The Morgan fingerprint density at radius 1 is 1.07 bits per heavy atom. The van der Waals surface area contributed by atoms with Crippen molar-refractivity contribution in [2.45, 2.75) is 6.42 Å². The molecule has 6 nitrogen and oxygen atoms in total. The van der Waals surface area contributed by atoms with Crippen molar-refractivity contribution in [2.75, 3.05) is 7.11 Å². The van der Waals surface area contributed by atoms with E-state index in [0.717, 1.165) is 16.5 Å². The molecule has 0 amide bonds. The molecule has 150 valence electrons. The van der Waals surface area contributed by atoms with E-state index in [2.05, 4.69) is 9.97 Å². The first-order chi connectivity index (χ1) is 14.5. The van der Waals surface area contributed by atoms with Crippen LogP contribution < -0.4 is 9.47 Å². The van der Waals surface area contributed by atoms with Gasteiger partial charge in [0.1, 0.15) is 5.75 Å². The number of ether oxygens (including phenoxy) is 2. The highest BCUT2D eigenvalue weighted by Crippen LogP contribution is 2.30. The summed E-state index contributed by atoms with van der Waals surface area (Å²) in [5, 5.41) is 11.5. The molecule has 7 heteroatoms. The van der Waals surface area contributed by atoms with Gasteiger partial charge < -0.3 is 14.6 Å². The summed E-state index contributed by atoms with van der Waals surface area (Å²) in [6.07, 6.45) is 1.51. The number of aromatic nitrogens is 2. The predicted octanol–water partition coefficient (Wildman–Crippen LogP) is 5.22. The van der Waals surface area contributed by atoms with Gasteiger partial charge >= 0.3 is 0 Å². The van der Waals surface area contributed by atoms with E-state index < -0.39 is 0 Å². The average molecular weight is 421 g/mol. The van der Waals surface area contributed by atoms with Gasteiger partial charge in [-0.3, -0.25) is 4.79 Å². The Hall–Kier alpha value is -3.64. The maximum atomic E-state index is 12.6. The van der Waals surface area contributed by atoms with Crippen LogP contribution in [0.1, 0.15) is 16.1 Å². The summed E-state index contributed by atoms with van der Waals surface area (Å²) < 4.78 is 10.8. The number of aromatic hydroxyl groups is 1. The fraction of sp³-hybridized carbons (Fsp3) is 0.0870. The molecule has 2 aromatic carbocycles. The van der Waals surface area contributed by atoms with Crippen LogP contribution in [0.3, 0.4) is 0 Å². The fourth-order valence-electron chi connectivity index (χ4n) is 3.04. The molecule has 1 N–H and O–H groups in total. The monoisotopic (exact) mass is 420 g/mol. The molecule has 0 bridgehead atoms. The second-order valence-electron chi connectivity index (χ2n) is 6.52. The number of rotatable bonds is 6. The number of hydrogen-bond acceptors (Lipinski definition) is 6. The van der Waals surface area contributed by atoms with Crippen LogP contribution in [0.15, 0.2) is 66.9 Å². The minimum absolute atomic E-state index is 0.0175. The van der Waals surface area contributed by atoms with E-state index in [1.807, 2.05) is 36.4 Å². The van der Waals surface area contributed by atoms with Gasteiger partial charge in [0.25, 0.3) is 0 Å². The summed E-state index contributed by atoms with van der Waals surface area (Å²) >= 11 is 6.13. The maximum absolute atomic E-state index is 12.6. The minimum atomic E-state index is -0.308. The molecule has 0 unspecified atom stereocenters. The first-order valence-corrected chi connectivity index (χ1v) is 9.50. The zero-order chi connectivity index (χ0) is 21.1. The van der Waals surface area contributed by atoms with Crippen molar-refractivity contribution in [1.82, 2.24) is 9.97 Å². The van der Waals surface area contributed by atoms with Crippen molar-refractivity contribution in [3.05, 3.63) is 83.1 Å². The highest BCUT2D eigenvalue weighted by atomic mass is 35.5. The van der Waals surface area contributed by atoms with Gasteiger partial charge in [-0.2, -0.15) is 0 Å². The van der Waals surface area contributed by atoms with E-state index >= 15 is 0 Å². The third-order valence-corrected chi connectivity index (χ3v) is 4.83. The molecule has 0 fully saturated rings. The molecular formula is C23H17ClN2O4. The Morgan fingerprint density at radius 2 is 1.90 bits per heavy atom. The predicted molar refractivity (Wildman–Crippen MR) is 114 cm³/mol. The molecule has 0 aliphatic heterocycles. The number of ketones is 1. The van der Waals surface area contributed by atoms with E-state index in [1.54, 1.807) is 18.2 Å². The van der Waals surface area contributed by atoms with Gasteiger partial charge in [0.15, 0.2) is 23.0 Å². The summed E-state index contributed by atoms with van der Waals surface area (Å²) in [6, 6.07) is 17.8. The molecule has 0 aliphatic rings. The van der Waals surface area contributed by atoms with Gasteiger partial charge in [-0.15, -0.1) is 0 Å². The van der Waals surface area contributed by atoms with Crippen molar-refractivity contribution >= 4 is 28.3 Å². The van der Waals surface area contributed by atoms with E-state index in [1.165, 1.54) is 19.4 Å². The standard InChI is InChI=1S/C23H17ClN2O4/c1-29-20-10-11-25-22(23(20)28)18(27)13-14-6-8-17-15(12-14)7-9-21(26-17)30-19-5-3-2-4-16(19)24/h2-12,28H,13H2,1H3. The molecule has 30 heavy (non-hydrogen) atoms. The number of carbonyl (C=O) groups excluding carboxylic acids is 1. The Labute approximate surface area is 177 Å². The molecule has 0 saturated carbocycles. The van der Waals surface area contributed by atoms with Crippen molar-refractivity contribution in [1.29, 1.82) is 0 Å². The number of pyridine rings is 2. The SMILES string of the molecule is COc1ccnc(C(=O)Cc2ccc3nc(Oc4ccccc4Cl)ccc3c2)c1O. The number of carbonyl (C=O) groups is 1. The molecule has 0 atom stereocenters. The first-order valence-electron chi connectivity index (χ1n) is 9.12. The van der Waals surface area contributed by atoms with E-state index in [9.17, 15) is 9.90 Å². The Morgan fingerprint density at radius 3 is 2.70 bits per heavy atom. The number of halogens is 1. The van der Waals surface area contributed by atoms with E-state index in [0.29, 0.717) is 16.7 Å². The van der Waals surface area contributed by atoms with Crippen LogP contribution in [0.5, 0.6) is 23.1 Å². The number of nitrogens with zero attached hydrogens (tertiary/aromatic N) is 2. The topological polar surface area (TPSA) is 81.5 Å².